The fourth-order valence-electron chi connectivity index (χ4n) is 1.97. The molecule has 1 heterocycles. The number of aromatic amines is 1. The number of H-pyrrole nitrogens is 1. The zero-order valence-corrected chi connectivity index (χ0v) is 11.0. The summed E-state index contributed by atoms with van der Waals surface area (Å²) in [4.78, 5) is 12.1. The molecule has 0 bridgehead atoms. The predicted molar refractivity (Wildman–Crippen MR) is 73.3 cm³/mol. The number of aromatic nitrogens is 3. The molecule has 0 spiro atoms. The lowest BCUT2D eigenvalue weighted by atomic mass is 10.1. The van der Waals surface area contributed by atoms with Crippen LogP contribution in [-0.2, 0) is 6.18 Å². The maximum Gasteiger partial charge on any atom is 0.416 e. The molecule has 0 radical (unpaired) electrons. The van der Waals surface area contributed by atoms with Crippen molar-refractivity contribution < 1.29 is 18.0 Å². The van der Waals surface area contributed by atoms with E-state index in [1.165, 1.54) is 0 Å². The SMILES string of the molecule is O=C(Nc1cccc2n[nH]nc12)c1ccc(C(F)(F)F)cc1. The summed E-state index contributed by atoms with van der Waals surface area (Å²) in [5, 5.41) is 12.8. The van der Waals surface area contributed by atoms with Gasteiger partial charge >= 0.3 is 6.18 Å². The first-order valence-electron chi connectivity index (χ1n) is 6.23. The molecule has 0 fully saturated rings. The molecule has 8 heteroatoms. The highest BCUT2D eigenvalue weighted by molar-refractivity contribution is 6.07. The first-order valence-corrected chi connectivity index (χ1v) is 6.23. The van der Waals surface area contributed by atoms with Crippen LogP contribution in [0.25, 0.3) is 11.0 Å². The van der Waals surface area contributed by atoms with Crippen molar-refractivity contribution >= 4 is 22.6 Å². The Hall–Kier alpha value is -2.90. The number of hydrogen-bond donors (Lipinski definition) is 2. The second kappa shape index (κ2) is 5.14. The molecule has 0 saturated heterocycles. The maximum atomic E-state index is 12.5. The number of rotatable bonds is 2. The summed E-state index contributed by atoms with van der Waals surface area (Å²) in [5.41, 5.74) is 0.792. The lowest BCUT2D eigenvalue weighted by molar-refractivity contribution is -0.137. The molecule has 0 aliphatic rings. The molecule has 0 aliphatic carbocycles. The van der Waals surface area contributed by atoms with E-state index >= 15 is 0 Å². The number of nitrogens with one attached hydrogen (secondary N) is 2. The van der Waals surface area contributed by atoms with Crippen LogP contribution in [0, 0.1) is 0 Å². The second-order valence-corrected chi connectivity index (χ2v) is 4.53. The molecule has 0 aliphatic heterocycles. The minimum absolute atomic E-state index is 0.119. The van der Waals surface area contributed by atoms with Crippen LogP contribution in [0.3, 0.4) is 0 Å². The van der Waals surface area contributed by atoms with E-state index in [1.54, 1.807) is 18.2 Å². The van der Waals surface area contributed by atoms with Crippen molar-refractivity contribution in [3.8, 4) is 0 Å². The summed E-state index contributed by atoms with van der Waals surface area (Å²) in [6.07, 6.45) is -4.43. The van der Waals surface area contributed by atoms with Crippen LogP contribution in [0.2, 0.25) is 0 Å². The van der Waals surface area contributed by atoms with Gasteiger partial charge in [0.1, 0.15) is 11.0 Å². The summed E-state index contributed by atoms with van der Waals surface area (Å²) >= 11 is 0. The van der Waals surface area contributed by atoms with Crippen molar-refractivity contribution in [2.24, 2.45) is 0 Å². The summed E-state index contributed by atoms with van der Waals surface area (Å²) in [7, 11) is 0. The van der Waals surface area contributed by atoms with E-state index in [0.717, 1.165) is 24.3 Å². The number of nitrogens with zero attached hydrogens (tertiary/aromatic N) is 2. The van der Waals surface area contributed by atoms with Crippen LogP contribution >= 0.6 is 0 Å². The van der Waals surface area contributed by atoms with Gasteiger partial charge in [0.15, 0.2) is 0 Å². The highest BCUT2D eigenvalue weighted by Crippen LogP contribution is 2.29. The predicted octanol–water partition coefficient (Wildman–Crippen LogP) is 3.23. The Balaban J connectivity index is 1.84. The molecular formula is C14H9F3N4O. The minimum atomic E-state index is -4.43. The van der Waals surface area contributed by atoms with E-state index in [0.29, 0.717) is 16.7 Å². The number of benzene rings is 2. The molecule has 2 aromatic carbocycles. The number of carbonyl (C=O) groups is 1. The first-order chi connectivity index (χ1) is 10.4. The maximum absolute atomic E-state index is 12.5. The first kappa shape index (κ1) is 14.1. The Morgan fingerprint density at radius 1 is 1.05 bits per heavy atom. The Kier molecular flexibility index (Phi) is 3.28. The average Bonchev–Trinajstić information content (AvgIpc) is 2.96. The highest BCUT2D eigenvalue weighted by Gasteiger charge is 2.30. The number of carbonyl (C=O) groups excluding carboxylic acids is 1. The number of alkyl halides is 3. The third kappa shape index (κ3) is 2.62. The van der Waals surface area contributed by atoms with E-state index in [4.69, 9.17) is 0 Å². The molecule has 5 nitrogen and oxygen atoms in total. The molecule has 2 N–H and O–H groups in total. The van der Waals surface area contributed by atoms with E-state index in [9.17, 15) is 18.0 Å². The zero-order valence-electron chi connectivity index (χ0n) is 11.0. The summed E-state index contributed by atoms with van der Waals surface area (Å²) in [6.45, 7) is 0. The van der Waals surface area contributed by atoms with Gasteiger partial charge < -0.3 is 5.32 Å². The highest BCUT2D eigenvalue weighted by atomic mass is 19.4. The lowest BCUT2D eigenvalue weighted by Gasteiger charge is -2.08. The minimum Gasteiger partial charge on any atom is -0.320 e. The van der Waals surface area contributed by atoms with Gasteiger partial charge in [-0.3, -0.25) is 4.79 Å². The van der Waals surface area contributed by atoms with Gasteiger partial charge in [0.2, 0.25) is 0 Å². The molecular weight excluding hydrogens is 297 g/mol. The van der Waals surface area contributed by atoms with Gasteiger partial charge in [0, 0.05) is 5.56 Å². The van der Waals surface area contributed by atoms with Crippen LogP contribution < -0.4 is 5.32 Å². The number of fused-ring (bicyclic) bond motifs is 1. The molecule has 3 rings (SSSR count). The Bertz CT molecular complexity index is 824. The number of anilines is 1. The van der Waals surface area contributed by atoms with E-state index < -0.39 is 17.6 Å². The van der Waals surface area contributed by atoms with Crippen LogP contribution in [0.15, 0.2) is 42.5 Å². The van der Waals surface area contributed by atoms with E-state index in [2.05, 4.69) is 20.7 Å². The smallest absolute Gasteiger partial charge is 0.320 e. The van der Waals surface area contributed by atoms with Crippen molar-refractivity contribution in [1.82, 2.24) is 15.4 Å². The molecule has 1 aromatic heterocycles. The van der Waals surface area contributed by atoms with Crippen molar-refractivity contribution in [2.45, 2.75) is 6.18 Å². The van der Waals surface area contributed by atoms with Crippen molar-refractivity contribution in [3.05, 3.63) is 53.6 Å². The van der Waals surface area contributed by atoms with Crippen LogP contribution in [0.5, 0.6) is 0 Å². The Morgan fingerprint density at radius 3 is 2.45 bits per heavy atom. The average molecular weight is 306 g/mol. The molecule has 3 aromatic rings. The van der Waals surface area contributed by atoms with Crippen molar-refractivity contribution in [1.29, 1.82) is 0 Å². The fraction of sp³-hybridized carbons (Fsp3) is 0.0714. The van der Waals surface area contributed by atoms with Crippen LogP contribution in [0.4, 0.5) is 18.9 Å². The Labute approximate surface area is 122 Å². The van der Waals surface area contributed by atoms with Gasteiger partial charge in [-0.05, 0) is 36.4 Å². The van der Waals surface area contributed by atoms with E-state index in [-0.39, 0.29) is 5.56 Å². The van der Waals surface area contributed by atoms with Gasteiger partial charge in [0.05, 0.1) is 11.3 Å². The normalized spacial score (nSPS) is 11.6. The van der Waals surface area contributed by atoms with Crippen LogP contribution in [-0.4, -0.2) is 21.3 Å². The van der Waals surface area contributed by atoms with Gasteiger partial charge in [0.25, 0.3) is 5.91 Å². The van der Waals surface area contributed by atoms with Gasteiger partial charge in [-0.2, -0.15) is 28.6 Å². The fourth-order valence-corrected chi connectivity index (χ4v) is 1.97. The third-order valence-electron chi connectivity index (χ3n) is 3.07. The molecule has 1 amide bonds. The Morgan fingerprint density at radius 2 is 1.77 bits per heavy atom. The third-order valence-corrected chi connectivity index (χ3v) is 3.07. The van der Waals surface area contributed by atoms with Gasteiger partial charge in [-0.15, -0.1) is 0 Å². The molecule has 0 saturated carbocycles. The van der Waals surface area contributed by atoms with Crippen LogP contribution in [0.1, 0.15) is 15.9 Å². The monoisotopic (exact) mass is 306 g/mol. The standard InChI is InChI=1S/C14H9F3N4O/c15-14(16,17)9-6-4-8(5-7-9)13(22)18-10-2-1-3-11-12(10)20-21-19-11/h1-7H,(H,18,22)(H,19,20,21). The van der Waals surface area contributed by atoms with Crippen molar-refractivity contribution in [3.63, 3.8) is 0 Å². The van der Waals surface area contributed by atoms with E-state index in [1.807, 2.05) is 0 Å². The molecule has 22 heavy (non-hydrogen) atoms. The summed E-state index contributed by atoms with van der Waals surface area (Å²) in [5.74, 6) is -0.524. The number of amides is 1. The number of halogens is 3. The molecule has 0 unspecified atom stereocenters. The quantitative estimate of drug-likeness (QED) is 0.763. The second-order valence-electron chi connectivity index (χ2n) is 4.53. The van der Waals surface area contributed by atoms with Gasteiger partial charge in [-0.1, -0.05) is 6.07 Å². The van der Waals surface area contributed by atoms with Gasteiger partial charge in [-0.25, -0.2) is 0 Å². The lowest BCUT2D eigenvalue weighted by Crippen LogP contribution is -2.13. The zero-order chi connectivity index (χ0) is 15.7. The largest absolute Gasteiger partial charge is 0.416 e. The summed E-state index contributed by atoms with van der Waals surface area (Å²) < 4.78 is 37.5. The van der Waals surface area contributed by atoms with Crippen molar-refractivity contribution in [2.75, 3.05) is 5.32 Å². The number of hydrogen-bond acceptors (Lipinski definition) is 3. The summed E-state index contributed by atoms with van der Waals surface area (Å²) in [6, 6.07) is 9.02. The number of para-hydroxylation sites is 1. The topological polar surface area (TPSA) is 70.7 Å². The molecule has 112 valence electrons. The molecule has 0 atom stereocenters.